The number of hydrogen-bond acceptors (Lipinski definition) is 3. The Balaban J connectivity index is 1.93. The molecule has 4 heteroatoms. The third-order valence-electron chi connectivity index (χ3n) is 4.13. The van der Waals surface area contributed by atoms with Gasteiger partial charge in [-0.1, -0.05) is 0 Å². The fraction of sp³-hybridized carbons (Fsp3) is 0.588. The van der Waals surface area contributed by atoms with Crippen molar-refractivity contribution in [2.45, 2.75) is 26.7 Å². The van der Waals surface area contributed by atoms with E-state index in [1.54, 1.807) is 0 Å². The summed E-state index contributed by atoms with van der Waals surface area (Å²) in [5.74, 6) is 0.715. The molecule has 1 saturated heterocycles. The van der Waals surface area contributed by atoms with E-state index in [0.29, 0.717) is 12.5 Å². The zero-order chi connectivity index (χ0) is 15.2. The van der Waals surface area contributed by atoms with Crippen LogP contribution < -0.4 is 10.6 Å². The van der Waals surface area contributed by atoms with E-state index in [4.69, 9.17) is 0 Å². The van der Waals surface area contributed by atoms with Crippen molar-refractivity contribution in [3.63, 3.8) is 0 Å². The van der Waals surface area contributed by atoms with Gasteiger partial charge in [-0.05, 0) is 70.0 Å². The van der Waals surface area contributed by atoms with Crippen LogP contribution in [0.2, 0.25) is 0 Å². The zero-order valence-electron chi connectivity index (χ0n) is 13.4. The number of aryl methyl sites for hydroxylation is 1. The summed E-state index contributed by atoms with van der Waals surface area (Å²) in [4.78, 5) is 14.2. The number of likely N-dealkylation sites (tertiary alicyclic amines) is 1. The van der Waals surface area contributed by atoms with E-state index in [-0.39, 0.29) is 5.91 Å². The number of anilines is 1. The van der Waals surface area contributed by atoms with Crippen LogP contribution in [0.4, 0.5) is 5.69 Å². The fourth-order valence-electron chi connectivity index (χ4n) is 2.96. The Morgan fingerprint density at radius 1 is 1.43 bits per heavy atom. The standard InChI is InChI=1S/C17H27N3O/c1-4-18-17(21)15-7-8-16(13(2)10-15)19-11-14-6-5-9-20(3)12-14/h7-8,10,14,19H,4-6,9,11-12H2,1-3H3,(H,18,21). The number of amides is 1. The van der Waals surface area contributed by atoms with E-state index in [2.05, 4.69) is 29.5 Å². The first-order valence-electron chi connectivity index (χ1n) is 7.91. The Kier molecular flexibility index (Phi) is 5.62. The highest BCUT2D eigenvalue weighted by Crippen LogP contribution is 2.20. The van der Waals surface area contributed by atoms with Gasteiger partial charge in [-0.2, -0.15) is 0 Å². The van der Waals surface area contributed by atoms with Crippen molar-refractivity contribution in [3.05, 3.63) is 29.3 Å². The van der Waals surface area contributed by atoms with Gasteiger partial charge in [-0.3, -0.25) is 4.79 Å². The number of nitrogens with one attached hydrogen (secondary N) is 2. The monoisotopic (exact) mass is 289 g/mol. The first-order valence-corrected chi connectivity index (χ1v) is 7.91. The van der Waals surface area contributed by atoms with Crippen molar-refractivity contribution < 1.29 is 4.79 Å². The molecule has 0 aliphatic carbocycles. The molecule has 21 heavy (non-hydrogen) atoms. The van der Waals surface area contributed by atoms with Crippen molar-refractivity contribution >= 4 is 11.6 Å². The molecule has 0 bridgehead atoms. The van der Waals surface area contributed by atoms with Crippen LogP contribution in [0.15, 0.2) is 18.2 Å². The van der Waals surface area contributed by atoms with Crippen LogP contribution >= 0.6 is 0 Å². The van der Waals surface area contributed by atoms with E-state index < -0.39 is 0 Å². The van der Waals surface area contributed by atoms with Gasteiger partial charge < -0.3 is 15.5 Å². The van der Waals surface area contributed by atoms with Gasteiger partial charge in [0, 0.05) is 30.9 Å². The molecule has 0 saturated carbocycles. The lowest BCUT2D eigenvalue weighted by atomic mass is 9.98. The topological polar surface area (TPSA) is 44.4 Å². The third-order valence-corrected chi connectivity index (χ3v) is 4.13. The summed E-state index contributed by atoms with van der Waals surface area (Å²) in [5, 5.41) is 6.38. The van der Waals surface area contributed by atoms with Gasteiger partial charge in [0.25, 0.3) is 5.91 Å². The molecule has 1 aromatic carbocycles. The smallest absolute Gasteiger partial charge is 0.251 e. The maximum absolute atomic E-state index is 11.8. The number of hydrogen-bond donors (Lipinski definition) is 2. The first-order chi connectivity index (χ1) is 10.1. The summed E-state index contributed by atoms with van der Waals surface area (Å²) < 4.78 is 0. The summed E-state index contributed by atoms with van der Waals surface area (Å²) in [5.41, 5.74) is 3.00. The van der Waals surface area contributed by atoms with E-state index >= 15 is 0 Å². The number of piperidine rings is 1. The second-order valence-electron chi connectivity index (χ2n) is 6.04. The molecule has 2 rings (SSSR count). The van der Waals surface area contributed by atoms with Gasteiger partial charge in [0.15, 0.2) is 0 Å². The van der Waals surface area contributed by atoms with E-state index in [9.17, 15) is 4.79 Å². The fourth-order valence-corrected chi connectivity index (χ4v) is 2.96. The summed E-state index contributed by atoms with van der Waals surface area (Å²) in [6, 6.07) is 5.88. The molecule has 1 aliphatic heterocycles. The van der Waals surface area contributed by atoms with Crippen LogP contribution in [0.1, 0.15) is 35.7 Å². The average Bonchev–Trinajstić information content (AvgIpc) is 2.46. The van der Waals surface area contributed by atoms with E-state index in [1.807, 2.05) is 25.1 Å². The Bertz CT molecular complexity index is 487. The largest absolute Gasteiger partial charge is 0.385 e. The minimum Gasteiger partial charge on any atom is -0.385 e. The number of carbonyl (C=O) groups excluding carboxylic acids is 1. The lowest BCUT2D eigenvalue weighted by Crippen LogP contribution is -2.35. The van der Waals surface area contributed by atoms with Gasteiger partial charge in [0.2, 0.25) is 0 Å². The SMILES string of the molecule is CCNC(=O)c1ccc(NCC2CCCN(C)C2)c(C)c1. The van der Waals surface area contributed by atoms with Gasteiger partial charge >= 0.3 is 0 Å². The highest BCUT2D eigenvalue weighted by molar-refractivity contribution is 5.94. The van der Waals surface area contributed by atoms with Crippen LogP contribution in [0.5, 0.6) is 0 Å². The van der Waals surface area contributed by atoms with Crippen molar-refractivity contribution in [2.24, 2.45) is 5.92 Å². The predicted molar refractivity (Wildman–Crippen MR) is 87.9 cm³/mol. The predicted octanol–water partition coefficient (Wildman–Crippen LogP) is 2.50. The lowest BCUT2D eigenvalue weighted by molar-refractivity contribution is 0.0956. The van der Waals surface area contributed by atoms with Crippen molar-refractivity contribution in [1.29, 1.82) is 0 Å². The molecule has 1 amide bonds. The Morgan fingerprint density at radius 3 is 2.90 bits per heavy atom. The Labute approximate surface area is 127 Å². The second kappa shape index (κ2) is 7.46. The van der Waals surface area contributed by atoms with Crippen molar-refractivity contribution in [3.8, 4) is 0 Å². The summed E-state index contributed by atoms with van der Waals surface area (Å²) >= 11 is 0. The highest BCUT2D eigenvalue weighted by atomic mass is 16.1. The molecule has 1 heterocycles. The van der Waals surface area contributed by atoms with Crippen LogP contribution in [-0.4, -0.2) is 44.0 Å². The summed E-state index contributed by atoms with van der Waals surface area (Å²) in [6.07, 6.45) is 2.59. The number of carbonyl (C=O) groups is 1. The number of rotatable bonds is 5. The van der Waals surface area contributed by atoms with Crippen LogP contribution in [0, 0.1) is 12.8 Å². The maximum atomic E-state index is 11.8. The van der Waals surface area contributed by atoms with Crippen LogP contribution in [-0.2, 0) is 0 Å². The summed E-state index contributed by atoms with van der Waals surface area (Å²) in [6.45, 7) is 8.04. The molecule has 0 radical (unpaired) electrons. The van der Waals surface area contributed by atoms with E-state index in [0.717, 1.165) is 23.4 Å². The lowest BCUT2D eigenvalue weighted by Gasteiger charge is -2.30. The van der Waals surface area contributed by atoms with Crippen molar-refractivity contribution in [2.75, 3.05) is 38.5 Å². The molecule has 1 aromatic rings. The third kappa shape index (κ3) is 4.46. The molecule has 0 spiro atoms. The summed E-state index contributed by atoms with van der Waals surface area (Å²) in [7, 11) is 2.19. The van der Waals surface area contributed by atoms with Gasteiger partial charge in [-0.15, -0.1) is 0 Å². The molecular weight excluding hydrogens is 262 g/mol. The second-order valence-corrected chi connectivity index (χ2v) is 6.04. The van der Waals surface area contributed by atoms with Gasteiger partial charge in [0.05, 0.1) is 0 Å². The van der Waals surface area contributed by atoms with Crippen LogP contribution in [0.25, 0.3) is 0 Å². The molecular formula is C17H27N3O. The maximum Gasteiger partial charge on any atom is 0.251 e. The molecule has 1 unspecified atom stereocenters. The minimum atomic E-state index is 0.000977. The minimum absolute atomic E-state index is 0.000977. The number of nitrogens with zero attached hydrogens (tertiary/aromatic N) is 1. The van der Waals surface area contributed by atoms with Gasteiger partial charge in [0.1, 0.15) is 0 Å². The Hall–Kier alpha value is -1.55. The molecule has 4 nitrogen and oxygen atoms in total. The first kappa shape index (κ1) is 15.8. The molecule has 1 atom stereocenters. The molecule has 1 fully saturated rings. The molecule has 2 N–H and O–H groups in total. The Morgan fingerprint density at radius 2 is 2.24 bits per heavy atom. The normalized spacial score (nSPS) is 19.3. The molecule has 1 aliphatic rings. The quantitative estimate of drug-likeness (QED) is 0.875. The highest BCUT2D eigenvalue weighted by Gasteiger charge is 2.17. The van der Waals surface area contributed by atoms with Gasteiger partial charge in [-0.25, -0.2) is 0 Å². The molecule has 0 aromatic heterocycles. The van der Waals surface area contributed by atoms with E-state index in [1.165, 1.54) is 25.9 Å². The molecule has 116 valence electrons. The number of benzene rings is 1. The average molecular weight is 289 g/mol. The van der Waals surface area contributed by atoms with Crippen molar-refractivity contribution in [1.82, 2.24) is 10.2 Å². The van der Waals surface area contributed by atoms with Crippen LogP contribution in [0.3, 0.4) is 0 Å². The zero-order valence-corrected chi connectivity index (χ0v) is 13.4.